The number of morpholine rings is 1. The van der Waals surface area contributed by atoms with E-state index in [1.54, 1.807) is 18.1 Å². The highest BCUT2D eigenvalue weighted by atomic mass is 32.1. The molecule has 2 N–H and O–H groups in total. The first-order chi connectivity index (χ1) is 17.4. The molecule has 11 heteroatoms. The summed E-state index contributed by atoms with van der Waals surface area (Å²) in [6.45, 7) is 6.06. The van der Waals surface area contributed by atoms with Crippen LogP contribution in [0.2, 0.25) is 0 Å². The molecule has 1 aromatic heterocycles. The van der Waals surface area contributed by atoms with E-state index in [0.29, 0.717) is 36.1 Å². The Morgan fingerprint density at radius 1 is 1.22 bits per heavy atom. The highest BCUT2D eigenvalue weighted by Crippen LogP contribution is 2.23. The molecule has 3 aliphatic heterocycles. The number of carbonyl (C=O) groups is 1. The molecule has 0 bridgehead atoms. The number of amides is 1. The van der Waals surface area contributed by atoms with Gasteiger partial charge >= 0.3 is 0 Å². The van der Waals surface area contributed by atoms with Crippen molar-refractivity contribution in [3.05, 3.63) is 73.0 Å². The van der Waals surface area contributed by atoms with Gasteiger partial charge in [0.15, 0.2) is 5.49 Å². The Kier molecular flexibility index (Phi) is 6.33. The Bertz CT molecular complexity index is 1640. The molecule has 0 atom stereocenters. The molecule has 5 rings (SSSR count). The number of H-pyrrole nitrogens is 1. The zero-order valence-electron chi connectivity index (χ0n) is 20.2. The molecule has 0 saturated carbocycles. The van der Waals surface area contributed by atoms with E-state index in [4.69, 9.17) is 14.9 Å². The predicted octanol–water partition coefficient (Wildman–Crippen LogP) is 0.424. The minimum atomic E-state index is -0.490. The van der Waals surface area contributed by atoms with E-state index in [1.165, 1.54) is 10.8 Å². The Morgan fingerprint density at radius 2 is 1.94 bits per heavy atom. The zero-order chi connectivity index (χ0) is 25.4. The summed E-state index contributed by atoms with van der Waals surface area (Å²) in [7, 11) is 1.63. The van der Waals surface area contributed by atoms with Gasteiger partial charge in [0.25, 0.3) is 5.56 Å². The highest BCUT2D eigenvalue weighted by Gasteiger charge is 2.17. The van der Waals surface area contributed by atoms with Gasteiger partial charge in [-0.25, -0.2) is 4.68 Å². The average Bonchev–Trinajstić information content (AvgIpc) is 3.41. The summed E-state index contributed by atoms with van der Waals surface area (Å²) in [4.78, 5) is 31.3. The van der Waals surface area contributed by atoms with Crippen LogP contribution in [0.15, 0.2) is 35.1 Å². The van der Waals surface area contributed by atoms with E-state index in [1.807, 2.05) is 44.2 Å². The van der Waals surface area contributed by atoms with Crippen molar-refractivity contribution in [3.8, 4) is 16.6 Å². The lowest BCUT2D eigenvalue weighted by Crippen LogP contribution is -2.47. The molecule has 1 amide bonds. The van der Waals surface area contributed by atoms with Gasteiger partial charge in [-0.2, -0.15) is 4.98 Å². The van der Waals surface area contributed by atoms with Crippen molar-refractivity contribution in [2.24, 2.45) is 0 Å². The topological polar surface area (TPSA) is 118 Å². The zero-order valence-corrected chi connectivity index (χ0v) is 21.0. The van der Waals surface area contributed by atoms with E-state index in [9.17, 15) is 9.59 Å². The fourth-order valence-electron chi connectivity index (χ4n) is 4.31. The summed E-state index contributed by atoms with van der Waals surface area (Å²) in [5.41, 5.74) is 3.20. The van der Waals surface area contributed by atoms with Crippen molar-refractivity contribution >= 4 is 29.4 Å². The van der Waals surface area contributed by atoms with Gasteiger partial charge in [-0.05, 0) is 55.8 Å². The average molecular weight is 507 g/mol. The number of nitrogens with one attached hydrogen (secondary N) is 2. The van der Waals surface area contributed by atoms with Crippen molar-refractivity contribution in [2.75, 3.05) is 33.4 Å². The van der Waals surface area contributed by atoms with Crippen LogP contribution in [0, 0.1) is 19.3 Å². The molecule has 186 valence electrons. The number of hydrogen-bond acceptors (Lipinski definition) is 7. The number of aromatic amines is 1. The molecule has 10 nitrogen and oxygen atoms in total. The second kappa shape index (κ2) is 9.59. The molecule has 0 radical (unpaired) electrons. The monoisotopic (exact) mass is 506 g/mol. The van der Waals surface area contributed by atoms with Crippen LogP contribution in [0.1, 0.15) is 17.0 Å². The maximum atomic E-state index is 12.9. The van der Waals surface area contributed by atoms with Crippen LogP contribution in [-0.2, 0) is 9.53 Å². The van der Waals surface area contributed by atoms with Crippen LogP contribution >= 0.6 is 11.3 Å². The standard InChI is InChI=1S/C25H26N6O4S/c1-15-12-17(16(2)30(15)18-4-6-19(34-3)7-5-18)13-20-23(26)31-25(27-24(20)33)36-21(28-31)14-22(32)29-8-10-35-11-9-29/h4-7,12-14,26,28H,8-11H2,1-3H3/b20-13+,21-14+,26-23?. The highest BCUT2D eigenvalue weighted by molar-refractivity contribution is 7.11. The SMILES string of the molecule is COc1ccc(-n2c(C)cc(/C=c3/c(=O)nc4s/c(=C/C(=O)N5CCOCC5)[nH]n-4c3=N)c2C)cc1. The van der Waals surface area contributed by atoms with Crippen LogP contribution in [0.4, 0.5) is 0 Å². The first kappa shape index (κ1) is 23.8. The maximum absolute atomic E-state index is 12.9. The fraction of sp³-hybridized carbons (Fsp3) is 0.280. The molecule has 1 saturated heterocycles. The van der Waals surface area contributed by atoms with Gasteiger partial charge in [-0.1, -0.05) is 11.3 Å². The van der Waals surface area contributed by atoms with E-state index in [2.05, 4.69) is 14.6 Å². The molecule has 0 spiro atoms. The summed E-state index contributed by atoms with van der Waals surface area (Å²) in [6.07, 6.45) is 3.17. The molecule has 2 aromatic rings. The summed E-state index contributed by atoms with van der Waals surface area (Å²) in [5, 5.41) is 12.2. The first-order valence-electron chi connectivity index (χ1n) is 11.5. The Balaban J connectivity index is 1.56. The maximum Gasteiger partial charge on any atom is 0.283 e. The number of benzene rings is 1. The summed E-state index contributed by atoms with van der Waals surface area (Å²) in [5.74, 6) is 0.628. The van der Waals surface area contributed by atoms with Crippen LogP contribution < -0.4 is 25.7 Å². The lowest BCUT2D eigenvalue weighted by Gasteiger charge is -2.25. The van der Waals surface area contributed by atoms with Gasteiger partial charge < -0.3 is 18.9 Å². The number of carbonyl (C=O) groups excluding carboxylic acids is 1. The number of ether oxygens (including phenoxy) is 2. The number of aryl methyl sites for hydroxylation is 1. The lowest BCUT2D eigenvalue weighted by atomic mass is 10.2. The van der Waals surface area contributed by atoms with Gasteiger partial charge in [0, 0.05) is 36.2 Å². The quantitative estimate of drug-likeness (QED) is 0.416. The van der Waals surface area contributed by atoms with Crippen LogP contribution in [0.5, 0.6) is 5.75 Å². The number of aromatic nitrogens is 4. The van der Waals surface area contributed by atoms with Crippen molar-refractivity contribution in [1.82, 2.24) is 24.2 Å². The van der Waals surface area contributed by atoms with Crippen LogP contribution in [-0.4, -0.2) is 63.6 Å². The molecule has 3 aliphatic rings. The van der Waals surface area contributed by atoms with Crippen molar-refractivity contribution in [3.63, 3.8) is 0 Å². The minimum Gasteiger partial charge on any atom is -0.497 e. The van der Waals surface area contributed by atoms with Crippen molar-refractivity contribution in [2.45, 2.75) is 13.8 Å². The fourth-order valence-corrected chi connectivity index (χ4v) is 5.17. The van der Waals surface area contributed by atoms with Crippen molar-refractivity contribution < 1.29 is 14.3 Å². The first-order valence-corrected chi connectivity index (χ1v) is 12.3. The molecular formula is C25H26N6O4S. The molecule has 4 heterocycles. The largest absolute Gasteiger partial charge is 0.497 e. The molecule has 1 fully saturated rings. The van der Waals surface area contributed by atoms with E-state index < -0.39 is 5.56 Å². The second-order valence-electron chi connectivity index (χ2n) is 8.46. The Hall–Kier alpha value is -3.96. The van der Waals surface area contributed by atoms with E-state index in [0.717, 1.165) is 39.7 Å². The number of rotatable bonds is 4. The third-order valence-corrected chi connectivity index (χ3v) is 7.08. The molecule has 1 aromatic carbocycles. The van der Waals surface area contributed by atoms with Gasteiger partial charge in [0.1, 0.15) is 10.4 Å². The van der Waals surface area contributed by atoms with Gasteiger partial charge in [0.2, 0.25) is 11.0 Å². The smallest absolute Gasteiger partial charge is 0.283 e. The number of fused-ring (bicyclic) bond motifs is 1. The normalized spacial score (nSPS) is 15.1. The van der Waals surface area contributed by atoms with Gasteiger partial charge in [-0.3, -0.25) is 20.1 Å². The minimum absolute atomic E-state index is 0.0195. The molecule has 0 aliphatic carbocycles. The van der Waals surface area contributed by atoms with Crippen molar-refractivity contribution in [1.29, 1.82) is 5.41 Å². The summed E-state index contributed by atoms with van der Waals surface area (Å²) in [6, 6.07) is 9.71. The van der Waals surface area contributed by atoms with Crippen LogP contribution in [0.3, 0.4) is 0 Å². The van der Waals surface area contributed by atoms with Crippen LogP contribution in [0.25, 0.3) is 23.0 Å². The second-order valence-corrected chi connectivity index (χ2v) is 9.47. The Morgan fingerprint density at radius 3 is 2.64 bits per heavy atom. The molecular weight excluding hydrogens is 480 g/mol. The third kappa shape index (κ3) is 4.38. The predicted molar refractivity (Wildman–Crippen MR) is 136 cm³/mol. The number of methoxy groups -OCH3 is 1. The number of hydrogen-bond donors (Lipinski definition) is 2. The summed E-state index contributed by atoms with van der Waals surface area (Å²) < 4.78 is 14.6. The van der Waals surface area contributed by atoms with E-state index >= 15 is 0 Å². The lowest BCUT2D eigenvalue weighted by molar-refractivity contribution is -0.128. The Labute approximate surface area is 210 Å². The van der Waals surface area contributed by atoms with E-state index in [-0.39, 0.29) is 16.6 Å². The molecule has 36 heavy (non-hydrogen) atoms. The van der Waals surface area contributed by atoms with Gasteiger partial charge in [0.05, 0.1) is 25.5 Å². The molecule has 0 unspecified atom stereocenters. The summed E-state index contributed by atoms with van der Waals surface area (Å²) >= 11 is 1.16. The number of nitrogens with zero attached hydrogens (tertiary/aromatic N) is 4. The third-order valence-electron chi connectivity index (χ3n) is 6.20. The van der Waals surface area contributed by atoms with Gasteiger partial charge in [-0.15, -0.1) is 0 Å².